The maximum absolute atomic E-state index is 8.89. The van der Waals surface area contributed by atoms with Crippen molar-refractivity contribution in [1.82, 2.24) is 0 Å². The van der Waals surface area contributed by atoms with E-state index in [1.165, 1.54) is 96.6 Å². The van der Waals surface area contributed by atoms with Crippen LogP contribution in [0.5, 0.6) is 0 Å². The van der Waals surface area contributed by atoms with Crippen LogP contribution in [-0.2, 0) is 4.79 Å². The van der Waals surface area contributed by atoms with Crippen molar-refractivity contribution in [1.29, 1.82) is 0 Å². The van der Waals surface area contributed by atoms with Gasteiger partial charge in [0, 0.05) is 5.97 Å². The third-order valence-electron chi connectivity index (χ3n) is 4.87. The number of hydrogen-bond acceptors (Lipinski definition) is 2. The number of hydrogen-bond donors (Lipinski definition) is 1. The summed E-state index contributed by atoms with van der Waals surface area (Å²) in [6.07, 6.45) is 19.0. The van der Waals surface area contributed by atoms with E-state index in [2.05, 4.69) is 13.8 Å². The molecule has 138 valence electrons. The average Bonchev–Trinajstić information content (AvgIpc) is 2.51. The van der Waals surface area contributed by atoms with Crippen LogP contribution in [0.25, 0.3) is 0 Å². The Morgan fingerprint density at radius 3 is 2.09 bits per heavy atom. The maximum atomic E-state index is 8.89. The molecule has 23 heavy (non-hydrogen) atoms. The second-order valence-corrected chi connectivity index (χ2v) is 7.11. The van der Waals surface area contributed by atoms with Crippen LogP contribution in [0.2, 0.25) is 0 Å². The number of aliphatic carboxylic acids is 1. The zero-order valence-corrected chi connectivity index (χ0v) is 16.0. The van der Waals surface area contributed by atoms with Crippen molar-refractivity contribution in [2.45, 2.75) is 110 Å². The van der Waals surface area contributed by atoms with E-state index in [-0.39, 0.29) is 0 Å². The average molecular weight is 328 g/mol. The Morgan fingerprint density at radius 2 is 1.52 bits per heavy atom. The number of rotatable bonds is 11. The first kappa shape index (κ1) is 22.4. The molecular weight excluding hydrogens is 286 g/mol. The smallest absolute Gasteiger partial charge is 0.0874 e. The largest absolute Gasteiger partial charge is 0.550 e. The number of unbranched alkanes of at least 4 members (excludes halogenated alkanes) is 7. The number of carbonyl (C=O) groups excluding carboxylic acids is 1. The Balaban J connectivity index is 0.00000108. The second-order valence-electron chi connectivity index (χ2n) is 7.11. The van der Waals surface area contributed by atoms with E-state index in [9.17, 15) is 0 Å². The van der Waals surface area contributed by atoms with Crippen molar-refractivity contribution in [2.24, 2.45) is 0 Å². The van der Waals surface area contributed by atoms with E-state index < -0.39 is 5.97 Å². The summed E-state index contributed by atoms with van der Waals surface area (Å²) in [5.74, 6) is -1.08. The summed E-state index contributed by atoms with van der Waals surface area (Å²) in [5.41, 5.74) is 0. The van der Waals surface area contributed by atoms with Gasteiger partial charge in [0.1, 0.15) is 0 Å². The highest BCUT2D eigenvalue weighted by Gasteiger charge is 2.24. The Hall–Kier alpha value is -0.570. The number of likely N-dealkylation sites (tertiary alicyclic amines) is 1. The first-order valence-electron chi connectivity index (χ1n) is 10.1. The normalized spacial score (nSPS) is 20.7. The Labute approximate surface area is 144 Å². The molecule has 0 aromatic carbocycles. The van der Waals surface area contributed by atoms with Gasteiger partial charge >= 0.3 is 0 Å². The summed E-state index contributed by atoms with van der Waals surface area (Å²) in [5, 5.41) is 8.89. The van der Waals surface area contributed by atoms with Crippen LogP contribution in [0.1, 0.15) is 104 Å². The van der Waals surface area contributed by atoms with Gasteiger partial charge in [0.05, 0.1) is 19.1 Å². The van der Waals surface area contributed by atoms with E-state index in [1.807, 2.05) is 4.90 Å². The van der Waals surface area contributed by atoms with Crippen molar-refractivity contribution < 1.29 is 14.8 Å². The van der Waals surface area contributed by atoms with Crippen LogP contribution >= 0.6 is 0 Å². The number of carboxylic acid groups (broad SMARTS) is 1. The van der Waals surface area contributed by atoms with Gasteiger partial charge in [0.25, 0.3) is 0 Å². The summed E-state index contributed by atoms with van der Waals surface area (Å²) in [6.45, 7) is 8.54. The molecule has 0 aromatic rings. The van der Waals surface area contributed by atoms with E-state index in [4.69, 9.17) is 9.90 Å². The van der Waals surface area contributed by atoms with Crippen molar-refractivity contribution in [3.8, 4) is 0 Å². The molecule has 0 saturated carbocycles. The molecule has 1 heterocycles. The summed E-state index contributed by atoms with van der Waals surface area (Å²) in [4.78, 5) is 10.8. The molecule has 1 rings (SSSR count). The molecule has 1 saturated heterocycles. The van der Waals surface area contributed by atoms with Crippen LogP contribution in [0, 0.1) is 0 Å². The third-order valence-corrected chi connectivity index (χ3v) is 4.87. The molecule has 0 bridgehead atoms. The molecule has 0 amide bonds. The first-order chi connectivity index (χ1) is 11.1. The molecule has 3 heteroatoms. The molecule has 0 radical (unpaired) electrons. The number of carbonyl (C=O) groups is 1. The number of carboxylic acids is 1. The van der Waals surface area contributed by atoms with Crippen molar-refractivity contribution in [3.63, 3.8) is 0 Å². The lowest BCUT2D eigenvalue weighted by Crippen LogP contribution is -3.16. The predicted octanol–water partition coefficient (Wildman–Crippen LogP) is 3.12. The van der Waals surface area contributed by atoms with Gasteiger partial charge in [0.2, 0.25) is 0 Å². The zero-order valence-electron chi connectivity index (χ0n) is 16.0. The quantitative estimate of drug-likeness (QED) is 0.593. The molecule has 2 unspecified atom stereocenters. The Bertz CT molecular complexity index is 262. The van der Waals surface area contributed by atoms with Gasteiger partial charge in [0.15, 0.2) is 0 Å². The second kappa shape index (κ2) is 16.3. The molecule has 2 atom stereocenters. The summed E-state index contributed by atoms with van der Waals surface area (Å²) >= 11 is 0. The highest BCUT2D eigenvalue weighted by atomic mass is 16.4. The van der Waals surface area contributed by atoms with Gasteiger partial charge in [-0.25, -0.2) is 0 Å². The lowest BCUT2D eigenvalue weighted by molar-refractivity contribution is -0.931. The fourth-order valence-corrected chi connectivity index (χ4v) is 3.66. The summed E-state index contributed by atoms with van der Waals surface area (Å²) in [7, 11) is 0. The standard InChI is InChI=1S/C18H37N.C2H4O2/c1-3-5-6-7-8-9-10-12-16-19-17-13-11-15-18(19)14-4-2;1-2(3)4/h18H,3-17H2,1-2H3;1H3,(H,3,4). The maximum Gasteiger partial charge on any atom is 0.0874 e. The van der Waals surface area contributed by atoms with Gasteiger partial charge in [-0.3, -0.25) is 0 Å². The minimum absolute atomic E-state index is 0.972. The van der Waals surface area contributed by atoms with E-state index >= 15 is 0 Å². The molecule has 0 aliphatic carbocycles. The molecule has 1 fully saturated rings. The number of nitrogens with one attached hydrogen (secondary N) is 1. The highest BCUT2D eigenvalue weighted by molar-refractivity contribution is 5.60. The SMILES string of the molecule is CC(=O)[O-].CCCCCCCCCC[NH+]1CCCCC1CCC. The molecule has 3 nitrogen and oxygen atoms in total. The zero-order chi connectivity index (χ0) is 17.3. The summed E-state index contributed by atoms with van der Waals surface area (Å²) in [6, 6.07) is 1.00. The van der Waals surface area contributed by atoms with Gasteiger partial charge in [-0.05, 0) is 45.4 Å². The highest BCUT2D eigenvalue weighted by Crippen LogP contribution is 2.10. The predicted molar refractivity (Wildman–Crippen MR) is 96.5 cm³/mol. The van der Waals surface area contributed by atoms with Crippen LogP contribution in [-0.4, -0.2) is 25.1 Å². The lowest BCUT2D eigenvalue weighted by atomic mass is 9.97. The van der Waals surface area contributed by atoms with Crippen LogP contribution in [0.3, 0.4) is 0 Å². The van der Waals surface area contributed by atoms with E-state index in [1.54, 1.807) is 0 Å². The van der Waals surface area contributed by atoms with Crippen LogP contribution in [0.4, 0.5) is 0 Å². The van der Waals surface area contributed by atoms with Gasteiger partial charge in [-0.15, -0.1) is 0 Å². The molecule has 1 N–H and O–H groups in total. The van der Waals surface area contributed by atoms with Crippen molar-refractivity contribution >= 4 is 5.97 Å². The minimum Gasteiger partial charge on any atom is -0.550 e. The van der Waals surface area contributed by atoms with Gasteiger partial charge in [-0.1, -0.05) is 58.8 Å². The first-order valence-corrected chi connectivity index (χ1v) is 10.1. The fourth-order valence-electron chi connectivity index (χ4n) is 3.66. The molecule has 1 aliphatic rings. The van der Waals surface area contributed by atoms with E-state index in [0.29, 0.717) is 0 Å². The third kappa shape index (κ3) is 14.7. The minimum atomic E-state index is -1.08. The van der Waals surface area contributed by atoms with E-state index in [0.717, 1.165) is 13.0 Å². The van der Waals surface area contributed by atoms with Gasteiger partial charge < -0.3 is 14.8 Å². The molecule has 0 aromatic heterocycles. The lowest BCUT2D eigenvalue weighted by Gasteiger charge is -2.32. The number of piperidine rings is 1. The fraction of sp³-hybridized carbons (Fsp3) is 0.950. The Morgan fingerprint density at radius 1 is 0.957 bits per heavy atom. The van der Waals surface area contributed by atoms with Crippen LogP contribution < -0.4 is 10.0 Å². The molecule has 0 spiro atoms. The molecular formula is C20H41NO2. The van der Waals surface area contributed by atoms with Crippen molar-refractivity contribution in [2.75, 3.05) is 13.1 Å². The van der Waals surface area contributed by atoms with Crippen molar-refractivity contribution in [3.05, 3.63) is 0 Å². The molecule has 1 aliphatic heterocycles. The monoisotopic (exact) mass is 327 g/mol. The van der Waals surface area contributed by atoms with Crippen LogP contribution in [0.15, 0.2) is 0 Å². The topological polar surface area (TPSA) is 44.6 Å². The van der Waals surface area contributed by atoms with Gasteiger partial charge in [-0.2, -0.15) is 0 Å². The summed E-state index contributed by atoms with van der Waals surface area (Å²) < 4.78 is 0. The Kier molecular flexibility index (Phi) is 15.9. The number of quaternary nitrogens is 1.